The maximum atomic E-state index is 11.3. The predicted octanol–water partition coefficient (Wildman–Crippen LogP) is 3.69. The number of hydrogen-bond donors (Lipinski definition) is 1. The van der Waals surface area contributed by atoms with Gasteiger partial charge in [-0.25, -0.2) is 0 Å². The maximum Gasteiger partial charge on any atom is 0.303 e. The van der Waals surface area contributed by atoms with Gasteiger partial charge in [0, 0.05) is 33.2 Å². The summed E-state index contributed by atoms with van der Waals surface area (Å²) in [5, 5.41) is 0. The molecule has 1 aliphatic carbocycles. The zero-order chi connectivity index (χ0) is 24.4. The molecule has 0 spiro atoms. The van der Waals surface area contributed by atoms with Crippen molar-refractivity contribution in [1.29, 1.82) is 0 Å². The van der Waals surface area contributed by atoms with Gasteiger partial charge in [-0.05, 0) is 51.4 Å². The van der Waals surface area contributed by atoms with Crippen LogP contribution in [0.4, 0.5) is 0 Å². The van der Waals surface area contributed by atoms with Crippen molar-refractivity contribution >= 4 is 22.1 Å². The van der Waals surface area contributed by atoms with E-state index in [0.29, 0.717) is 12.8 Å². The summed E-state index contributed by atoms with van der Waals surface area (Å²) in [6, 6.07) is 5.99. The van der Waals surface area contributed by atoms with E-state index in [1.807, 2.05) is 6.92 Å². The van der Waals surface area contributed by atoms with Gasteiger partial charge in [-0.15, -0.1) is 0 Å². The molecular formula is C24H35NO7S. The summed E-state index contributed by atoms with van der Waals surface area (Å²) >= 11 is 0. The third-order valence-electron chi connectivity index (χ3n) is 5.67. The quantitative estimate of drug-likeness (QED) is 0.372. The molecule has 184 valence electrons. The van der Waals surface area contributed by atoms with Gasteiger partial charge in [-0.2, -0.15) is 8.42 Å². The topological polar surface area (TPSA) is 110 Å². The highest BCUT2D eigenvalue weighted by atomic mass is 32.2. The van der Waals surface area contributed by atoms with Gasteiger partial charge in [-0.1, -0.05) is 35.8 Å². The van der Waals surface area contributed by atoms with Crippen molar-refractivity contribution in [2.75, 3.05) is 19.6 Å². The Hall–Kier alpha value is -2.23. The Kier molecular flexibility index (Phi) is 10.5. The second kappa shape index (κ2) is 12.9. The summed E-state index contributed by atoms with van der Waals surface area (Å²) in [5.74, 6) is -0.647. The number of hydrogen-bond acceptors (Lipinski definition) is 7. The Morgan fingerprint density at radius 3 is 2.12 bits per heavy atom. The van der Waals surface area contributed by atoms with Crippen LogP contribution in [0.15, 0.2) is 40.8 Å². The highest BCUT2D eigenvalue weighted by Gasteiger charge is 2.30. The lowest BCUT2D eigenvalue weighted by Crippen LogP contribution is -2.37. The second-order valence-corrected chi connectivity index (χ2v) is 9.96. The summed E-state index contributed by atoms with van der Waals surface area (Å²) in [4.78, 5) is 24.9. The monoisotopic (exact) mass is 481 g/mol. The normalized spacial score (nSPS) is 21.3. The Morgan fingerprint density at radius 1 is 1.00 bits per heavy atom. The number of carbonyl (C=O) groups is 2. The smallest absolute Gasteiger partial charge is 0.303 e. The number of nitrogens with zero attached hydrogens (tertiary/aromatic N) is 1. The van der Waals surface area contributed by atoms with Gasteiger partial charge in [0.15, 0.2) is 0 Å². The highest BCUT2D eigenvalue weighted by molar-refractivity contribution is 7.85. The number of aryl methyl sites for hydroxylation is 1. The van der Waals surface area contributed by atoms with Crippen LogP contribution in [-0.4, -0.2) is 61.7 Å². The van der Waals surface area contributed by atoms with Gasteiger partial charge in [-0.3, -0.25) is 14.1 Å². The predicted molar refractivity (Wildman–Crippen MR) is 124 cm³/mol. The largest absolute Gasteiger partial charge is 0.458 e. The lowest BCUT2D eigenvalue weighted by atomic mass is 9.92. The van der Waals surface area contributed by atoms with Crippen molar-refractivity contribution < 1.29 is 32.0 Å². The average Bonchev–Trinajstić information content (AvgIpc) is 2.74. The van der Waals surface area contributed by atoms with E-state index in [9.17, 15) is 18.0 Å². The molecular weight excluding hydrogens is 446 g/mol. The van der Waals surface area contributed by atoms with Crippen molar-refractivity contribution in [1.82, 2.24) is 4.90 Å². The van der Waals surface area contributed by atoms with E-state index < -0.39 is 10.1 Å². The van der Waals surface area contributed by atoms with E-state index in [0.717, 1.165) is 18.5 Å². The third kappa shape index (κ3) is 10.1. The van der Waals surface area contributed by atoms with Crippen LogP contribution in [0.3, 0.4) is 0 Å². The summed E-state index contributed by atoms with van der Waals surface area (Å²) in [7, 11) is -4.02. The first-order valence-electron chi connectivity index (χ1n) is 11.3. The summed E-state index contributed by atoms with van der Waals surface area (Å²) in [6.07, 6.45) is 7.70. The van der Waals surface area contributed by atoms with Gasteiger partial charge < -0.3 is 14.4 Å². The van der Waals surface area contributed by atoms with E-state index in [1.54, 1.807) is 12.1 Å². The van der Waals surface area contributed by atoms with Gasteiger partial charge in [0.05, 0.1) is 4.90 Å². The first kappa shape index (κ1) is 27.0. The molecule has 0 radical (unpaired) electrons. The first-order valence-corrected chi connectivity index (χ1v) is 12.8. The molecule has 0 aromatic heterocycles. The molecule has 2 atom stereocenters. The van der Waals surface area contributed by atoms with Crippen molar-refractivity contribution in [3.8, 4) is 0 Å². The van der Waals surface area contributed by atoms with Gasteiger partial charge >= 0.3 is 11.9 Å². The highest BCUT2D eigenvalue weighted by Crippen LogP contribution is 2.27. The molecule has 3 rings (SSSR count). The summed E-state index contributed by atoms with van der Waals surface area (Å²) in [5.41, 5.74) is 2.26. The van der Waals surface area contributed by atoms with Crippen LogP contribution >= 0.6 is 0 Å². The van der Waals surface area contributed by atoms with Crippen molar-refractivity contribution in [3.63, 3.8) is 0 Å². The molecule has 0 amide bonds. The lowest BCUT2D eigenvalue weighted by Gasteiger charge is -2.31. The molecule has 1 aliphatic heterocycles. The Balaban J connectivity index is 0.000000294. The Labute approximate surface area is 196 Å². The minimum atomic E-state index is -4.02. The average molecular weight is 482 g/mol. The third-order valence-corrected chi connectivity index (χ3v) is 6.54. The summed E-state index contributed by atoms with van der Waals surface area (Å²) in [6.45, 7) is 8.08. The molecule has 1 N–H and O–H groups in total. The first-order chi connectivity index (χ1) is 15.5. The summed E-state index contributed by atoms with van der Waals surface area (Å²) < 4.78 is 40.2. The molecule has 2 unspecified atom stereocenters. The molecule has 1 fully saturated rings. The fourth-order valence-corrected chi connectivity index (χ4v) is 4.45. The van der Waals surface area contributed by atoms with Crippen molar-refractivity contribution in [3.05, 3.63) is 41.5 Å². The minimum Gasteiger partial charge on any atom is -0.458 e. The van der Waals surface area contributed by atoms with Crippen LogP contribution in [0.5, 0.6) is 0 Å². The van der Waals surface area contributed by atoms with Crippen LogP contribution in [0.1, 0.15) is 57.9 Å². The van der Waals surface area contributed by atoms with Crippen LogP contribution in [-0.2, 0) is 29.2 Å². The van der Waals surface area contributed by atoms with E-state index in [2.05, 4.69) is 11.0 Å². The fourth-order valence-electron chi connectivity index (χ4n) is 3.97. The molecule has 1 aromatic carbocycles. The van der Waals surface area contributed by atoms with Crippen LogP contribution < -0.4 is 0 Å². The van der Waals surface area contributed by atoms with E-state index >= 15 is 0 Å². The van der Waals surface area contributed by atoms with Crippen LogP contribution in [0, 0.1) is 6.92 Å². The van der Waals surface area contributed by atoms with Gasteiger partial charge in [0.1, 0.15) is 12.2 Å². The van der Waals surface area contributed by atoms with Crippen molar-refractivity contribution in [2.45, 2.75) is 76.4 Å². The lowest BCUT2D eigenvalue weighted by molar-refractivity contribution is -0.165. The Morgan fingerprint density at radius 2 is 1.58 bits per heavy atom. The SMILES string of the molecule is CC(=O)OC1CC=C(CCN2CCCCC2)CC1OC(C)=O.Cc1ccc(S(=O)(=O)O)cc1. The molecule has 0 bridgehead atoms. The molecule has 33 heavy (non-hydrogen) atoms. The molecule has 1 aromatic rings. The zero-order valence-corrected chi connectivity index (χ0v) is 20.5. The van der Waals surface area contributed by atoms with Crippen LogP contribution in [0.25, 0.3) is 0 Å². The van der Waals surface area contributed by atoms with Gasteiger partial charge in [0.2, 0.25) is 0 Å². The molecule has 2 aliphatic rings. The van der Waals surface area contributed by atoms with Crippen LogP contribution in [0.2, 0.25) is 0 Å². The Bertz CT molecular complexity index is 919. The maximum absolute atomic E-state index is 11.3. The second-order valence-electron chi connectivity index (χ2n) is 8.54. The van der Waals surface area contributed by atoms with E-state index in [1.165, 1.54) is 63.9 Å². The standard InChI is InChI=1S/C17H27NO4.C7H8O3S/c1-13(19)21-16-7-6-15(12-17(16)22-14(2)20)8-11-18-9-4-3-5-10-18;1-6-2-4-7(5-3-6)11(8,9)10/h6,16-17H,3-5,7-12H2,1-2H3;2-5H,1H3,(H,8,9,10). The molecule has 9 heteroatoms. The van der Waals surface area contributed by atoms with Gasteiger partial charge in [0.25, 0.3) is 10.1 Å². The number of ether oxygens (including phenoxy) is 2. The molecule has 0 saturated carbocycles. The number of piperidine rings is 1. The zero-order valence-electron chi connectivity index (χ0n) is 19.7. The number of carbonyl (C=O) groups excluding carboxylic acids is 2. The van der Waals surface area contributed by atoms with Crippen molar-refractivity contribution in [2.24, 2.45) is 0 Å². The molecule has 8 nitrogen and oxygen atoms in total. The number of esters is 2. The van der Waals surface area contributed by atoms with E-state index in [4.69, 9.17) is 14.0 Å². The number of likely N-dealkylation sites (tertiary alicyclic amines) is 1. The number of rotatable bonds is 6. The molecule has 1 heterocycles. The number of benzene rings is 1. The molecule has 1 saturated heterocycles. The minimum absolute atomic E-state index is 0.0666. The fraction of sp³-hybridized carbons (Fsp3) is 0.583. The van der Waals surface area contributed by atoms with E-state index in [-0.39, 0.29) is 29.0 Å².